The summed E-state index contributed by atoms with van der Waals surface area (Å²) in [5, 5.41) is 3.15. The molecule has 4 nitrogen and oxygen atoms in total. The van der Waals surface area contributed by atoms with Gasteiger partial charge < -0.3 is 10.3 Å². The quantitative estimate of drug-likeness (QED) is 0.654. The van der Waals surface area contributed by atoms with Crippen LogP contribution in [0.3, 0.4) is 0 Å². The van der Waals surface area contributed by atoms with Crippen LogP contribution in [0.15, 0.2) is 17.4 Å². The molecule has 0 amide bonds. The topological polar surface area (TPSA) is 57.8 Å². The van der Waals surface area contributed by atoms with Crippen LogP contribution in [0.25, 0.3) is 0 Å². The van der Waals surface area contributed by atoms with E-state index >= 15 is 0 Å². The predicted octanol–water partition coefficient (Wildman–Crippen LogP) is 0.144. The second kappa shape index (κ2) is 3.75. The van der Waals surface area contributed by atoms with Crippen molar-refractivity contribution >= 4 is 0 Å². The highest BCUT2D eigenvalue weighted by Crippen LogP contribution is 2.06. The zero-order valence-electron chi connectivity index (χ0n) is 7.97. The largest absolute Gasteiger partial charge is 0.312 e. The van der Waals surface area contributed by atoms with E-state index in [0.29, 0.717) is 18.8 Å². The lowest BCUT2D eigenvalue weighted by Crippen LogP contribution is -2.32. The maximum atomic E-state index is 11.6. The monoisotopic (exact) mass is 191 g/mol. The molecule has 1 aliphatic heterocycles. The number of nitrogens with zero attached hydrogens (tertiary/aromatic N) is 1. The maximum absolute atomic E-state index is 11.6. The lowest BCUT2D eigenvalue weighted by atomic mass is 10.1. The van der Waals surface area contributed by atoms with Gasteiger partial charge in [-0.3, -0.25) is 4.79 Å². The van der Waals surface area contributed by atoms with Crippen molar-refractivity contribution in [3.05, 3.63) is 40.1 Å². The number of aromatic amines is 1. The summed E-state index contributed by atoms with van der Waals surface area (Å²) in [4.78, 5) is 18.7. The summed E-state index contributed by atoms with van der Waals surface area (Å²) in [6.45, 7) is 5.15. The molecule has 0 atom stereocenters. The van der Waals surface area contributed by atoms with Crippen molar-refractivity contribution in [2.45, 2.75) is 19.4 Å². The van der Waals surface area contributed by atoms with E-state index in [1.54, 1.807) is 6.08 Å². The Balaban J connectivity index is 2.46. The Bertz CT molecular complexity index is 408. The third kappa shape index (κ3) is 1.61. The summed E-state index contributed by atoms with van der Waals surface area (Å²) < 4.78 is 0. The third-order valence-corrected chi connectivity index (χ3v) is 2.33. The molecule has 0 saturated heterocycles. The van der Waals surface area contributed by atoms with E-state index in [2.05, 4.69) is 21.9 Å². The van der Waals surface area contributed by atoms with Crippen LogP contribution in [-0.2, 0) is 19.4 Å². The molecule has 0 unspecified atom stereocenters. The molecule has 0 saturated carbocycles. The Morgan fingerprint density at radius 2 is 2.43 bits per heavy atom. The average Bonchev–Trinajstić information content (AvgIpc) is 2.18. The summed E-state index contributed by atoms with van der Waals surface area (Å²) in [5.41, 5.74) is 1.70. The summed E-state index contributed by atoms with van der Waals surface area (Å²) in [7, 11) is 0. The van der Waals surface area contributed by atoms with Crippen LogP contribution in [0, 0.1) is 0 Å². The van der Waals surface area contributed by atoms with Crippen LogP contribution >= 0.6 is 0 Å². The standard InChI is InChI=1S/C10H13N3O/c1-2-3-9-12-8-4-5-11-6-7(8)10(14)13-9/h2,11H,1,3-6H2,(H,12,13,14). The molecule has 0 bridgehead atoms. The molecule has 0 fully saturated rings. The summed E-state index contributed by atoms with van der Waals surface area (Å²) in [6, 6.07) is 0. The highest BCUT2D eigenvalue weighted by atomic mass is 16.1. The molecule has 2 rings (SSSR count). The van der Waals surface area contributed by atoms with Gasteiger partial charge in [-0.05, 0) is 0 Å². The van der Waals surface area contributed by atoms with Crippen LogP contribution in [0.4, 0.5) is 0 Å². The van der Waals surface area contributed by atoms with Gasteiger partial charge >= 0.3 is 0 Å². The van der Waals surface area contributed by atoms with Gasteiger partial charge in [-0.2, -0.15) is 0 Å². The second-order valence-corrected chi connectivity index (χ2v) is 3.36. The summed E-state index contributed by atoms with van der Waals surface area (Å²) in [6.07, 6.45) is 3.20. The highest BCUT2D eigenvalue weighted by Gasteiger charge is 2.14. The van der Waals surface area contributed by atoms with Crippen LogP contribution in [-0.4, -0.2) is 16.5 Å². The molecule has 0 aromatic carbocycles. The van der Waals surface area contributed by atoms with Gasteiger partial charge in [-0.1, -0.05) is 6.08 Å². The van der Waals surface area contributed by atoms with Crippen molar-refractivity contribution in [2.75, 3.05) is 6.54 Å². The van der Waals surface area contributed by atoms with E-state index < -0.39 is 0 Å². The molecule has 1 aromatic rings. The SMILES string of the molecule is C=CCc1nc2c(c(=O)[nH]1)CNCC2. The molecule has 0 radical (unpaired) electrons. The van der Waals surface area contributed by atoms with Crippen LogP contribution in [0.5, 0.6) is 0 Å². The van der Waals surface area contributed by atoms with E-state index in [-0.39, 0.29) is 5.56 Å². The minimum atomic E-state index is -0.0148. The van der Waals surface area contributed by atoms with Crippen LogP contribution in [0.2, 0.25) is 0 Å². The van der Waals surface area contributed by atoms with E-state index in [0.717, 1.165) is 24.2 Å². The van der Waals surface area contributed by atoms with E-state index in [4.69, 9.17) is 0 Å². The number of aromatic nitrogens is 2. The number of hydrogen-bond acceptors (Lipinski definition) is 3. The molecular formula is C10H13N3O. The number of allylic oxidation sites excluding steroid dienone is 1. The van der Waals surface area contributed by atoms with Gasteiger partial charge in [0, 0.05) is 25.9 Å². The minimum absolute atomic E-state index is 0.0148. The number of H-pyrrole nitrogens is 1. The highest BCUT2D eigenvalue weighted by molar-refractivity contribution is 5.20. The van der Waals surface area contributed by atoms with Crippen LogP contribution in [0.1, 0.15) is 17.1 Å². The van der Waals surface area contributed by atoms with Crippen molar-refractivity contribution in [1.29, 1.82) is 0 Å². The molecule has 1 aliphatic rings. The first-order valence-corrected chi connectivity index (χ1v) is 4.74. The Morgan fingerprint density at radius 1 is 1.57 bits per heavy atom. The molecular weight excluding hydrogens is 178 g/mol. The van der Waals surface area contributed by atoms with Gasteiger partial charge in [-0.25, -0.2) is 4.98 Å². The van der Waals surface area contributed by atoms with Crippen molar-refractivity contribution in [3.63, 3.8) is 0 Å². The van der Waals surface area contributed by atoms with Gasteiger partial charge in [0.2, 0.25) is 0 Å². The number of nitrogens with one attached hydrogen (secondary N) is 2. The molecule has 0 aliphatic carbocycles. The van der Waals surface area contributed by atoms with Gasteiger partial charge in [-0.15, -0.1) is 6.58 Å². The van der Waals surface area contributed by atoms with Crippen LogP contribution < -0.4 is 10.9 Å². The Labute approximate surface area is 82.1 Å². The molecule has 1 aromatic heterocycles. The predicted molar refractivity (Wildman–Crippen MR) is 54.2 cm³/mol. The lowest BCUT2D eigenvalue weighted by molar-refractivity contribution is 0.615. The Morgan fingerprint density at radius 3 is 3.21 bits per heavy atom. The molecule has 74 valence electrons. The Kier molecular flexibility index (Phi) is 2.45. The van der Waals surface area contributed by atoms with Gasteiger partial charge in [0.05, 0.1) is 11.3 Å². The average molecular weight is 191 g/mol. The number of hydrogen-bond donors (Lipinski definition) is 2. The van der Waals surface area contributed by atoms with E-state index in [9.17, 15) is 4.79 Å². The number of rotatable bonds is 2. The molecule has 4 heteroatoms. The first kappa shape index (κ1) is 9.15. The fourth-order valence-corrected chi connectivity index (χ4v) is 1.64. The number of fused-ring (bicyclic) bond motifs is 1. The van der Waals surface area contributed by atoms with Gasteiger partial charge in [0.15, 0.2) is 0 Å². The zero-order valence-corrected chi connectivity index (χ0v) is 7.97. The second-order valence-electron chi connectivity index (χ2n) is 3.36. The van der Waals surface area contributed by atoms with Crippen molar-refractivity contribution in [1.82, 2.24) is 15.3 Å². The first-order valence-electron chi connectivity index (χ1n) is 4.74. The molecule has 0 spiro atoms. The maximum Gasteiger partial charge on any atom is 0.255 e. The first-order chi connectivity index (χ1) is 6.81. The lowest BCUT2D eigenvalue weighted by Gasteiger charge is -2.15. The van der Waals surface area contributed by atoms with E-state index in [1.807, 2.05) is 0 Å². The summed E-state index contributed by atoms with van der Waals surface area (Å²) in [5.74, 6) is 0.714. The van der Waals surface area contributed by atoms with Crippen molar-refractivity contribution in [3.8, 4) is 0 Å². The molecule has 2 N–H and O–H groups in total. The minimum Gasteiger partial charge on any atom is -0.312 e. The van der Waals surface area contributed by atoms with Crippen molar-refractivity contribution in [2.24, 2.45) is 0 Å². The Hall–Kier alpha value is -1.42. The normalized spacial score (nSPS) is 14.9. The zero-order chi connectivity index (χ0) is 9.97. The van der Waals surface area contributed by atoms with Gasteiger partial charge in [0.25, 0.3) is 5.56 Å². The van der Waals surface area contributed by atoms with Crippen molar-refractivity contribution < 1.29 is 0 Å². The fraction of sp³-hybridized carbons (Fsp3) is 0.400. The third-order valence-electron chi connectivity index (χ3n) is 2.33. The summed E-state index contributed by atoms with van der Waals surface area (Å²) >= 11 is 0. The molecule has 14 heavy (non-hydrogen) atoms. The molecule has 2 heterocycles. The van der Waals surface area contributed by atoms with Gasteiger partial charge in [0.1, 0.15) is 5.82 Å². The van der Waals surface area contributed by atoms with E-state index in [1.165, 1.54) is 0 Å². The fourth-order valence-electron chi connectivity index (χ4n) is 1.64. The smallest absolute Gasteiger partial charge is 0.255 e.